The maximum atomic E-state index is 13.4. The zero-order valence-electron chi connectivity index (χ0n) is 18.2. The molecule has 0 saturated heterocycles. The fourth-order valence-electron chi connectivity index (χ4n) is 4.67. The number of rotatable bonds is 5. The van der Waals surface area contributed by atoms with Crippen LogP contribution in [0.5, 0.6) is 0 Å². The molecule has 166 valence electrons. The maximum absolute atomic E-state index is 13.4. The van der Waals surface area contributed by atoms with Gasteiger partial charge in [-0.1, -0.05) is 60.7 Å². The Kier molecular flexibility index (Phi) is 6.26. The van der Waals surface area contributed by atoms with E-state index in [1.807, 2.05) is 36.4 Å². The largest absolute Gasteiger partial charge is 0.618 e. The number of carbonyl (C=O) groups is 1. The van der Waals surface area contributed by atoms with Gasteiger partial charge in [-0.05, 0) is 59.9 Å². The second-order valence-electron chi connectivity index (χ2n) is 8.31. The van der Waals surface area contributed by atoms with Crippen molar-refractivity contribution in [3.63, 3.8) is 0 Å². The fraction of sp³-hybridized carbons (Fsp3) is 0.222. The molecule has 1 amide bonds. The molecule has 1 fully saturated rings. The second kappa shape index (κ2) is 9.63. The molecule has 2 heterocycles. The van der Waals surface area contributed by atoms with Crippen molar-refractivity contribution in [2.75, 3.05) is 5.75 Å². The number of aromatic nitrogens is 1. The number of amides is 1. The molecule has 1 saturated carbocycles. The van der Waals surface area contributed by atoms with Gasteiger partial charge in [0, 0.05) is 18.1 Å². The lowest BCUT2D eigenvalue weighted by molar-refractivity contribution is -0.645. The summed E-state index contributed by atoms with van der Waals surface area (Å²) < 4.78 is 0.795. The van der Waals surface area contributed by atoms with Gasteiger partial charge < -0.3 is 5.21 Å². The van der Waals surface area contributed by atoms with Gasteiger partial charge in [0.2, 0.25) is 0 Å². The molecule has 1 aliphatic heterocycles. The van der Waals surface area contributed by atoms with Crippen LogP contribution in [0.1, 0.15) is 36.4 Å². The Balaban J connectivity index is 1.46. The lowest BCUT2D eigenvalue weighted by Gasteiger charge is -2.29. The van der Waals surface area contributed by atoms with E-state index in [4.69, 9.17) is 5.10 Å². The molecule has 2 aromatic carbocycles. The maximum Gasteiger partial charge on any atom is 0.253 e. The molecule has 1 aliphatic carbocycles. The average Bonchev–Trinajstić information content (AvgIpc) is 3.25. The highest BCUT2D eigenvalue weighted by Crippen LogP contribution is 2.44. The van der Waals surface area contributed by atoms with Crippen LogP contribution in [0.3, 0.4) is 0 Å². The Morgan fingerprint density at radius 3 is 2.55 bits per heavy atom. The molecule has 2 unspecified atom stereocenters. The molecular weight excluding hydrogens is 430 g/mol. The third-order valence-corrected chi connectivity index (χ3v) is 7.17. The van der Waals surface area contributed by atoms with E-state index in [9.17, 15) is 10.0 Å². The first-order valence-corrected chi connectivity index (χ1v) is 12.2. The number of hydrogen-bond donors (Lipinski definition) is 0. The number of thioether (sulfide) groups is 1. The van der Waals surface area contributed by atoms with E-state index in [2.05, 4.69) is 30.3 Å². The van der Waals surface area contributed by atoms with Gasteiger partial charge in [-0.25, -0.2) is 5.01 Å². The topological polar surface area (TPSA) is 59.6 Å². The number of hydrazone groups is 1. The van der Waals surface area contributed by atoms with Gasteiger partial charge in [-0.15, -0.1) is 0 Å². The third kappa shape index (κ3) is 4.57. The molecular formula is C27H25N3O2S. The van der Waals surface area contributed by atoms with Crippen molar-refractivity contribution in [2.24, 2.45) is 11.0 Å². The summed E-state index contributed by atoms with van der Waals surface area (Å²) in [6, 6.07) is 25.6. The zero-order chi connectivity index (χ0) is 22.6. The molecule has 0 bridgehead atoms. The predicted octanol–water partition coefficient (Wildman–Crippen LogP) is 5.24. The number of hydrogen-bond acceptors (Lipinski definition) is 4. The lowest BCUT2D eigenvalue weighted by Crippen LogP contribution is -2.33. The lowest BCUT2D eigenvalue weighted by atomic mass is 9.77. The summed E-state index contributed by atoms with van der Waals surface area (Å²) in [5, 5.41) is 19.1. The van der Waals surface area contributed by atoms with Gasteiger partial charge in [-0.2, -0.15) is 9.83 Å². The molecule has 5 nitrogen and oxygen atoms in total. The fourth-order valence-corrected chi connectivity index (χ4v) is 5.43. The van der Waals surface area contributed by atoms with Crippen molar-refractivity contribution in [1.29, 1.82) is 0 Å². The molecule has 2 aliphatic rings. The Bertz CT molecular complexity index is 1190. The van der Waals surface area contributed by atoms with Crippen LogP contribution >= 0.6 is 11.8 Å². The summed E-state index contributed by atoms with van der Waals surface area (Å²) >= 11 is 1.25. The predicted molar refractivity (Wildman–Crippen MR) is 131 cm³/mol. The van der Waals surface area contributed by atoms with Gasteiger partial charge in [0.15, 0.2) is 6.20 Å². The minimum atomic E-state index is -0.121. The van der Waals surface area contributed by atoms with Crippen molar-refractivity contribution >= 4 is 29.5 Å². The van der Waals surface area contributed by atoms with Crippen LogP contribution in [0, 0.1) is 11.1 Å². The minimum Gasteiger partial charge on any atom is -0.618 e. The molecule has 6 heteroatoms. The second-order valence-corrected chi connectivity index (χ2v) is 9.31. The van der Waals surface area contributed by atoms with Crippen LogP contribution in [0.15, 0.2) is 101 Å². The number of nitrogens with zero attached hydrogens (tertiary/aromatic N) is 3. The van der Waals surface area contributed by atoms with Gasteiger partial charge in [0.05, 0.1) is 17.5 Å². The molecule has 0 N–H and O–H groups in total. The number of allylic oxidation sites excluding steroid dienone is 1. The van der Waals surface area contributed by atoms with Crippen LogP contribution in [0.2, 0.25) is 0 Å². The summed E-state index contributed by atoms with van der Waals surface area (Å²) in [5.74, 6) is 0.251. The molecule has 33 heavy (non-hydrogen) atoms. The van der Waals surface area contributed by atoms with E-state index in [1.54, 1.807) is 23.2 Å². The standard InChI is InChI=1S/C27H25N3O2S/c31-24(19-33-25-16-7-8-17-29(25)32)30-27(21-12-5-2-6-13-21)23-15-9-14-22(26(23)28-30)18-20-10-3-1-4-11-20/h1-8,10-13,16-18,23,27H,9,14-15,19H2/b22-18-. The summed E-state index contributed by atoms with van der Waals surface area (Å²) in [4.78, 5) is 13.4. The highest BCUT2D eigenvalue weighted by Gasteiger charge is 2.43. The van der Waals surface area contributed by atoms with Crippen LogP contribution in [0.25, 0.3) is 6.08 Å². The smallest absolute Gasteiger partial charge is 0.253 e. The van der Waals surface area contributed by atoms with Crippen LogP contribution in [-0.2, 0) is 4.79 Å². The minimum absolute atomic E-state index is 0.0846. The summed E-state index contributed by atoms with van der Waals surface area (Å²) in [5.41, 5.74) is 4.48. The van der Waals surface area contributed by atoms with Gasteiger partial charge in [-0.3, -0.25) is 4.79 Å². The monoisotopic (exact) mass is 455 g/mol. The third-order valence-electron chi connectivity index (χ3n) is 6.17. The van der Waals surface area contributed by atoms with E-state index >= 15 is 0 Å². The van der Waals surface area contributed by atoms with Crippen molar-refractivity contribution in [1.82, 2.24) is 5.01 Å². The van der Waals surface area contributed by atoms with E-state index in [-0.39, 0.29) is 23.6 Å². The number of carbonyl (C=O) groups excluding carboxylic acids is 1. The first-order valence-electron chi connectivity index (χ1n) is 11.2. The zero-order valence-corrected chi connectivity index (χ0v) is 19.0. The summed E-state index contributed by atoms with van der Waals surface area (Å²) in [6.45, 7) is 0. The molecule has 2 atom stereocenters. The molecule has 1 aromatic heterocycles. The number of benzene rings is 2. The highest BCUT2D eigenvalue weighted by molar-refractivity contribution is 7.99. The normalized spacial score (nSPS) is 21.0. The quantitative estimate of drug-likeness (QED) is 0.300. The number of fused-ring (bicyclic) bond motifs is 1. The van der Waals surface area contributed by atoms with Crippen LogP contribution < -0.4 is 4.73 Å². The average molecular weight is 456 g/mol. The van der Waals surface area contributed by atoms with Crippen molar-refractivity contribution in [3.05, 3.63) is 107 Å². The van der Waals surface area contributed by atoms with Crippen LogP contribution in [0.4, 0.5) is 0 Å². The van der Waals surface area contributed by atoms with E-state index < -0.39 is 0 Å². The van der Waals surface area contributed by atoms with Crippen molar-refractivity contribution in [2.45, 2.75) is 30.3 Å². The Hall–Kier alpha value is -3.38. The first-order chi connectivity index (χ1) is 16.2. The van der Waals surface area contributed by atoms with E-state index in [1.165, 1.54) is 23.5 Å². The van der Waals surface area contributed by atoms with E-state index in [0.717, 1.165) is 40.8 Å². The van der Waals surface area contributed by atoms with Crippen LogP contribution in [-0.4, -0.2) is 22.4 Å². The number of pyridine rings is 1. The Morgan fingerprint density at radius 2 is 1.79 bits per heavy atom. The molecule has 0 spiro atoms. The molecule has 5 rings (SSSR count). The Morgan fingerprint density at radius 1 is 1.06 bits per heavy atom. The summed E-state index contributed by atoms with van der Waals surface area (Å²) in [7, 11) is 0. The highest BCUT2D eigenvalue weighted by atomic mass is 32.2. The molecule has 0 radical (unpaired) electrons. The van der Waals surface area contributed by atoms with Gasteiger partial charge in [0.25, 0.3) is 10.9 Å². The van der Waals surface area contributed by atoms with Crippen molar-refractivity contribution in [3.8, 4) is 0 Å². The molecule has 3 aromatic rings. The van der Waals surface area contributed by atoms with E-state index in [0.29, 0.717) is 5.03 Å². The van der Waals surface area contributed by atoms with Gasteiger partial charge in [0.1, 0.15) is 0 Å². The van der Waals surface area contributed by atoms with Gasteiger partial charge >= 0.3 is 0 Å². The SMILES string of the molecule is O=C(CSc1cccc[n+]1[O-])N1N=C2/C(=C\c3ccccc3)CCCC2C1c1ccccc1. The first kappa shape index (κ1) is 21.5. The Labute approximate surface area is 198 Å². The summed E-state index contributed by atoms with van der Waals surface area (Å²) in [6.07, 6.45) is 6.69. The van der Waals surface area contributed by atoms with Crippen molar-refractivity contribution < 1.29 is 9.52 Å².